The van der Waals surface area contributed by atoms with E-state index in [1.165, 1.54) is 16.0 Å². The average molecular weight is 312 g/mol. The first-order valence-electron chi connectivity index (χ1n) is 7.55. The van der Waals surface area contributed by atoms with Gasteiger partial charge in [-0.1, -0.05) is 24.3 Å². The molecule has 1 unspecified atom stereocenters. The third kappa shape index (κ3) is 3.45. The Balaban J connectivity index is 1.65. The van der Waals surface area contributed by atoms with Crippen molar-refractivity contribution in [2.24, 2.45) is 0 Å². The minimum atomic E-state index is -0.140. The van der Waals surface area contributed by atoms with Crippen LogP contribution in [0.4, 0.5) is 10.5 Å². The van der Waals surface area contributed by atoms with Crippen molar-refractivity contribution < 1.29 is 4.79 Å². The fourth-order valence-electron chi connectivity index (χ4n) is 2.90. The van der Waals surface area contributed by atoms with E-state index in [-0.39, 0.29) is 12.1 Å². The number of nitrogens with one attached hydrogen (secondary N) is 2. The van der Waals surface area contributed by atoms with E-state index < -0.39 is 0 Å². The molecule has 0 bridgehead atoms. The van der Waals surface area contributed by atoms with Crippen LogP contribution in [0.3, 0.4) is 0 Å². The summed E-state index contributed by atoms with van der Waals surface area (Å²) >= 11 is 1.69. The van der Waals surface area contributed by atoms with Gasteiger partial charge in [0.05, 0.1) is 6.04 Å². The number of carbonyl (C=O) groups excluding carboxylic acids is 1. The van der Waals surface area contributed by atoms with Crippen LogP contribution in [-0.2, 0) is 6.42 Å². The second kappa shape index (κ2) is 6.88. The molecule has 4 heteroatoms. The summed E-state index contributed by atoms with van der Waals surface area (Å²) in [5.41, 5.74) is 3.42. The lowest BCUT2D eigenvalue weighted by Gasteiger charge is -2.26. The number of rotatable bonds is 3. The van der Waals surface area contributed by atoms with Gasteiger partial charge >= 0.3 is 6.03 Å². The maximum absolute atomic E-state index is 12.2. The van der Waals surface area contributed by atoms with Crippen molar-refractivity contribution >= 4 is 23.5 Å². The van der Waals surface area contributed by atoms with Crippen molar-refractivity contribution in [3.05, 3.63) is 59.7 Å². The Hall–Kier alpha value is -1.94. The van der Waals surface area contributed by atoms with E-state index in [1.54, 1.807) is 11.8 Å². The summed E-state index contributed by atoms with van der Waals surface area (Å²) in [5.74, 6) is 0. The molecule has 2 aromatic carbocycles. The Morgan fingerprint density at radius 1 is 1.14 bits per heavy atom. The molecule has 2 aromatic rings. The second-order valence-corrected chi connectivity index (χ2v) is 6.35. The predicted molar refractivity (Wildman–Crippen MR) is 92.5 cm³/mol. The van der Waals surface area contributed by atoms with Crippen LogP contribution in [0.25, 0.3) is 0 Å². The van der Waals surface area contributed by atoms with E-state index in [0.717, 1.165) is 24.9 Å². The number of amides is 2. The van der Waals surface area contributed by atoms with Crippen LogP contribution in [0, 0.1) is 0 Å². The van der Waals surface area contributed by atoms with Crippen LogP contribution in [0.5, 0.6) is 0 Å². The second-order valence-electron chi connectivity index (χ2n) is 5.47. The monoisotopic (exact) mass is 312 g/mol. The molecule has 0 saturated heterocycles. The van der Waals surface area contributed by atoms with Crippen molar-refractivity contribution in [3.63, 3.8) is 0 Å². The first-order valence-corrected chi connectivity index (χ1v) is 8.78. The molecule has 1 aliphatic carbocycles. The summed E-state index contributed by atoms with van der Waals surface area (Å²) in [5, 5.41) is 6.01. The Morgan fingerprint density at radius 2 is 1.91 bits per heavy atom. The van der Waals surface area contributed by atoms with E-state index in [1.807, 2.05) is 36.6 Å². The minimum Gasteiger partial charge on any atom is -0.331 e. The maximum atomic E-state index is 12.2. The molecule has 1 atom stereocenters. The topological polar surface area (TPSA) is 41.1 Å². The number of carbonyl (C=O) groups is 1. The molecule has 0 fully saturated rings. The highest BCUT2D eigenvalue weighted by Crippen LogP contribution is 2.29. The highest BCUT2D eigenvalue weighted by atomic mass is 32.2. The van der Waals surface area contributed by atoms with Gasteiger partial charge in [0, 0.05) is 10.6 Å². The zero-order chi connectivity index (χ0) is 15.4. The highest BCUT2D eigenvalue weighted by Gasteiger charge is 2.21. The van der Waals surface area contributed by atoms with Gasteiger partial charge in [0.25, 0.3) is 0 Å². The highest BCUT2D eigenvalue weighted by molar-refractivity contribution is 7.98. The average Bonchev–Trinajstić information content (AvgIpc) is 2.56. The molecule has 1 aliphatic rings. The fourth-order valence-corrected chi connectivity index (χ4v) is 3.31. The predicted octanol–water partition coefficient (Wildman–Crippen LogP) is 4.61. The van der Waals surface area contributed by atoms with Crippen LogP contribution in [0.15, 0.2) is 53.4 Å². The lowest BCUT2D eigenvalue weighted by molar-refractivity contribution is 0.247. The Kier molecular flexibility index (Phi) is 4.68. The quantitative estimate of drug-likeness (QED) is 0.813. The number of thioether (sulfide) groups is 1. The van der Waals surface area contributed by atoms with Gasteiger partial charge in [-0.3, -0.25) is 0 Å². The van der Waals surface area contributed by atoms with Gasteiger partial charge in [-0.15, -0.1) is 11.8 Å². The number of hydrogen-bond donors (Lipinski definition) is 2. The van der Waals surface area contributed by atoms with Gasteiger partial charge in [0.1, 0.15) is 0 Å². The number of anilines is 1. The molecule has 22 heavy (non-hydrogen) atoms. The fraction of sp³-hybridized carbons (Fsp3) is 0.278. The molecule has 2 N–H and O–H groups in total. The van der Waals surface area contributed by atoms with E-state index in [9.17, 15) is 4.79 Å². The molecule has 2 amide bonds. The Morgan fingerprint density at radius 3 is 2.68 bits per heavy atom. The Bertz CT molecular complexity index is 654. The van der Waals surface area contributed by atoms with Crippen molar-refractivity contribution in [2.45, 2.75) is 30.2 Å². The summed E-state index contributed by atoms with van der Waals surface area (Å²) < 4.78 is 0. The molecule has 0 radical (unpaired) electrons. The van der Waals surface area contributed by atoms with Gasteiger partial charge in [-0.25, -0.2) is 4.79 Å². The lowest BCUT2D eigenvalue weighted by atomic mass is 9.88. The molecular formula is C18H20N2OS. The largest absolute Gasteiger partial charge is 0.331 e. The van der Waals surface area contributed by atoms with Gasteiger partial charge in [-0.2, -0.15) is 0 Å². The standard InChI is InChI=1S/C18H20N2OS/c1-22-15-11-9-14(10-12-15)19-18(21)20-17-8-4-6-13-5-2-3-7-16(13)17/h2-3,5,7,9-12,17H,4,6,8H2,1H3,(H2,19,20,21). The van der Waals surface area contributed by atoms with Gasteiger partial charge < -0.3 is 10.6 Å². The van der Waals surface area contributed by atoms with Crippen LogP contribution in [0.2, 0.25) is 0 Å². The van der Waals surface area contributed by atoms with Gasteiger partial charge in [0.2, 0.25) is 0 Å². The van der Waals surface area contributed by atoms with E-state index >= 15 is 0 Å². The molecule has 114 valence electrons. The number of fused-ring (bicyclic) bond motifs is 1. The zero-order valence-electron chi connectivity index (χ0n) is 12.6. The molecular weight excluding hydrogens is 292 g/mol. The Labute approximate surface area is 135 Å². The van der Waals surface area contributed by atoms with Gasteiger partial charge in [-0.05, 0) is 60.9 Å². The van der Waals surface area contributed by atoms with E-state index in [0.29, 0.717) is 0 Å². The first kappa shape index (κ1) is 15.0. The number of hydrogen-bond acceptors (Lipinski definition) is 2. The summed E-state index contributed by atoms with van der Waals surface area (Å²) in [6.45, 7) is 0. The first-order chi connectivity index (χ1) is 10.8. The molecule has 0 spiro atoms. The molecule has 0 heterocycles. The number of aryl methyl sites for hydroxylation is 1. The smallest absolute Gasteiger partial charge is 0.319 e. The SMILES string of the molecule is CSc1ccc(NC(=O)NC2CCCc3ccccc32)cc1. The van der Waals surface area contributed by atoms with Crippen LogP contribution >= 0.6 is 11.8 Å². The third-order valence-electron chi connectivity index (χ3n) is 4.02. The van der Waals surface area contributed by atoms with Crippen LogP contribution < -0.4 is 10.6 Å². The number of urea groups is 1. The molecule has 3 rings (SSSR count). The zero-order valence-corrected chi connectivity index (χ0v) is 13.5. The molecule has 0 aromatic heterocycles. The molecule has 0 saturated carbocycles. The molecule has 3 nitrogen and oxygen atoms in total. The van der Waals surface area contributed by atoms with Crippen LogP contribution in [0.1, 0.15) is 30.0 Å². The van der Waals surface area contributed by atoms with E-state index in [2.05, 4.69) is 28.8 Å². The summed E-state index contributed by atoms with van der Waals surface area (Å²) in [4.78, 5) is 13.4. The molecule has 0 aliphatic heterocycles. The normalized spacial score (nSPS) is 16.7. The van der Waals surface area contributed by atoms with Crippen LogP contribution in [-0.4, -0.2) is 12.3 Å². The third-order valence-corrected chi connectivity index (χ3v) is 4.77. The summed E-state index contributed by atoms with van der Waals surface area (Å²) in [6, 6.07) is 16.2. The van der Waals surface area contributed by atoms with Gasteiger partial charge in [0.15, 0.2) is 0 Å². The van der Waals surface area contributed by atoms with E-state index in [4.69, 9.17) is 0 Å². The van der Waals surface area contributed by atoms with Crippen molar-refractivity contribution in [2.75, 3.05) is 11.6 Å². The summed E-state index contributed by atoms with van der Waals surface area (Å²) in [6.07, 6.45) is 5.25. The van der Waals surface area contributed by atoms with Crippen molar-refractivity contribution in [1.29, 1.82) is 0 Å². The summed E-state index contributed by atoms with van der Waals surface area (Å²) in [7, 11) is 0. The van der Waals surface area contributed by atoms with Crippen molar-refractivity contribution in [1.82, 2.24) is 5.32 Å². The number of benzene rings is 2. The lowest BCUT2D eigenvalue weighted by Crippen LogP contribution is -2.34. The maximum Gasteiger partial charge on any atom is 0.319 e. The van der Waals surface area contributed by atoms with Crippen molar-refractivity contribution in [3.8, 4) is 0 Å². The minimum absolute atomic E-state index is 0.107.